The number of amides is 1. The number of carboxylic acid groups (broad SMARTS) is 1. The summed E-state index contributed by atoms with van der Waals surface area (Å²) in [7, 11) is 0. The van der Waals surface area contributed by atoms with Crippen molar-refractivity contribution < 1.29 is 28.6 Å². The molecule has 0 aliphatic carbocycles. The summed E-state index contributed by atoms with van der Waals surface area (Å²) in [5, 5.41) is 17.3. The number of nitrogens with zero attached hydrogens (tertiary/aromatic N) is 1. The molecule has 110 valence electrons. The lowest BCUT2D eigenvalue weighted by Gasteiger charge is -2.20. The van der Waals surface area contributed by atoms with Crippen molar-refractivity contribution in [3.05, 3.63) is 28.0 Å². The molecule has 20 heavy (non-hydrogen) atoms. The van der Waals surface area contributed by atoms with E-state index in [0.29, 0.717) is 4.88 Å². The fourth-order valence-electron chi connectivity index (χ4n) is 1.43. The first kappa shape index (κ1) is 16.3. The van der Waals surface area contributed by atoms with Gasteiger partial charge in [-0.3, -0.25) is 4.79 Å². The van der Waals surface area contributed by atoms with Gasteiger partial charge in [0, 0.05) is 17.5 Å². The van der Waals surface area contributed by atoms with E-state index in [4.69, 9.17) is 10.2 Å². The predicted molar refractivity (Wildman–Crippen MR) is 70.0 cm³/mol. The molecule has 0 atom stereocenters. The lowest BCUT2D eigenvalue weighted by Crippen LogP contribution is -2.36. The summed E-state index contributed by atoms with van der Waals surface area (Å²) >= 11 is 0.996. The molecule has 0 unspecified atom stereocenters. The lowest BCUT2D eigenvalue weighted by atomic mass is 10.3. The highest BCUT2D eigenvalue weighted by Gasteiger charge is 2.20. The van der Waals surface area contributed by atoms with Gasteiger partial charge in [0.25, 0.3) is 12.3 Å². The Labute approximate surface area is 117 Å². The number of aliphatic hydroxyl groups excluding tert-OH is 1. The van der Waals surface area contributed by atoms with Gasteiger partial charge in [-0.25, -0.2) is 13.6 Å². The Bertz CT molecular complexity index is 501. The third-order valence-corrected chi connectivity index (χ3v) is 3.28. The van der Waals surface area contributed by atoms with Gasteiger partial charge in [-0.1, -0.05) is 0 Å². The van der Waals surface area contributed by atoms with Crippen molar-refractivity contribution in [3.63, 3.8) is 0 Å². The minimum atomic E-state index is -2.68. The Hall–Kier alpha value is -1.80. The predicted octanol–water partition coefficient (Wildman–Crippen LogP) is 1.55. The summed E-state index contributed by atoms with van der Waals surface area (Å²) in [6.07, 6.45) is -0.449. The van der Waals surface area contributed by atoms with E-state index in [9.17, 15) is 18.4 Å². The molecule has 1 heterocycles. The molecule has 1 amide bonds. The molecule has 1 rings (SSSR count). The Morgan fingerprint density at radius 1 is 1.40 bits per heavy atom. The SMILES string of the molecule is O=C(O)/C=C/c1ccc(C(=O)N(CCO)CC(F)F)s1. The van der Waals surface area contributed by atoms with E-state index in [1.165, 1.54) is 18.2 Å². The maximum Gasteiger partial charge on any atom is 0.328 e. The number of carbonyl (C=O) groups is 2. The molecular weight excluding hydrogens is 292 g/mol. The number of carbonyl (C=O) groups excluding carboxylic acids is 1. The number of hydrogen-bond acceptors (Lipinski definition) is 4. The second kappa shape index (κ2) is 7.71. The molecule has 0 radical (unpaired) electrons. The minimum absolute atomic E-state index is 0.179. The zero-order chi connectivity index (χ0) is 15.1. The molecule has 1 aromatic heterocycles. The number of carboxylic acids is 1. The molecule has 0 saturated carbocycles. The second-order valence-corrected chi connectivity index (χ2v) is 4.85. The van der Waals surface area contributed by atoms with Gasteiger partial charge in [0.05, 0.1) is 18.0 Å². The highest BCUT2D eigenvalue weighted by atomic mass is 32.1. The van der Waals surface area contributed by atoms with Crippen LogP contribution in [0.4, 0.5) is 8.78 Å². The number of alkyl halides is 2. The summed E-state index contributed by atoms with van der Waals surface area (Å²) < 4.78 is 24.7. The van der Waals surface area contributed by atoms with Crippen molar-refractivity contribution in [2.45, 2.75) is 6.43 Å². The summed E-state index contributed by atoms with van der Waals surface area (Å²) in [5.74, 6) is -1.73. The molecule has 0 aliphatic rings. The van der Waals surface area contributed by atoms with Crippen molar-refractivity contribution >= 4 is 29.3 Å². The average Bonchev–Trinajstić information content (AvgIpc) is 2.83. The van der Waals surface area contributed by atoms with Crippen LogP contribution in [0.15, 0.2) is 18.2 Å². The van der Waals surface area contributed by atoms with Crippen molar-refractivity contribution in [3.8, 4) is 0 Å². The van der Waals surface area contributed by atoms with Crippen LogP contribution in [0, 0.1) is 0 Å². The van der Waals surface area contributed by atoms with Crippen LogP contribution in [0.25, 0.3) is 6.08 Å². The molecular formula is C12H13F2NO4S. The maximum atomic E-state index is 12.4. The molecule has 1 aromatic rings. The maximum absolute atomic E-state index is 12.4. The fourth-order valence-corrected chi connectivity index (χ4v) is 2.31. The van der Waals surface area contributed by atoms with Gasteiger partial charge >= 0.3 is 5.97 Å². The van der Waals surface area contributed by atoms with Crippen LogP contribution < -0.4 is 0 Å². The van der Waals surface area contributed by atoms with E-state index in [1.54, 1.807) is 0 Å². The summed E-state index contributed by atoms with van der Waals surface area (Å²) in [6.45, 7) is -1.34. The first-order valence-corrected chi connectivity index (χ1v) is 6.44. The van der Waals surface area contributed by atoms with Gasteiger partial charge in [0.15, 0.2) is 0 Å². The van der Waals surface area contributed by atoms with E-state index in [1.807, 2.05) is 0 Å². The molecule has 0 aliphatic heterocycles. The molecule has 0 saturated heterocycles. The normalized spacial score (nSPS) is 11.2. The molecule has 2 N–H and O–H groups in total. The van der Waals surface area contributed by atoms with Crippen LogP contribution in [0.2, 0.25) is 0 Å². The largest absolute Gasteiger partial charge is 0.478 e. The first-order chi connectivity index (χ1) is 9.43. The molecule has 0 aromatic carbocycles. The van der Waals surface area contributed by atoms with Gasteiger partial charge in [0.1, 0.15) is 0 Å². The minimum Gasteiger partial charge on any atom is -0.478 e. The van der Waals surface area contributed by atoms with Crippen LogP contribution in [-0.4, -0.2) is 53.1 Å². The van der Waals surface area contributed by atoms with Crippen LogP contribution in [0.1, 0.15) is 14.5 Å². The molecule has 8 heteroatoms. The van der Waals surface area contributed by atoms with Crippen LogP contribution in [0.5, 0.6) is 0 Å². The van der Waals surface area contributed by atoms with Crippen LogP contribution in [0.3, 0.4) is 0 Å². The smallest absolute Gasteiger partial charge is 0.328 e. The van der Waals surface area contributed by atoms with Gasteiger partial charge < -0.3 is 15.1 Å². The van der Waals surface area contributed by atoms with Gasteiger partial charge in [0.2, 0.25) is 0 Å². The van der Waals surface area contributed by atoms with E-state index in [2.05, 4.69) is 0 Å². The summed E-state index contributed by atoms with van der Waals surface area (Å²) in [6, 6.07) is 2.96. The quantitative estimate of drug-likeness (QED) is 0.749. The zero-order valence-corrected chi connectivity index (χ0v) is 11.1. The first-order valence-electron chi connectivity index (χ1n) is 5.63. The monoisotopic (exact) mass is 305 g/mol. The molecule has 0 fully saturated rings. The Morgan fingerprint density at radius 3 is 2.65 bits per heavy atom. The highest BCUT2D eigenvalue weighted by molar-refractivity contribution is 7.14. The number of thiophene rings is 1. The van der Waals surface area contributed by atoms with Gasteiger partial charge in [-0.15, -0.1) is 11.3 Å². The Morgan fingerprint density at radius 2 is 2.10 bits per heavy atom. The number of aliphatic carboxylic acids is 1. The third-order valence-electron chi connectivity index (χ3n) is 2.24. The number of aliphatic hydroxyl groups is 1. The standard InChI is InChI=1S/C12H13F2NO4S/c13-10(14)7-15(5-6-16)12(19)9-3-1-8(20-9)2-4-11(17)18/h1-4,10,16H,5-7H2,(H,17,18)/b4-2+. The number of hydrogen-bond donors (Lipinski definition) is 2. The van der Waals surface area contributed by atoms with Gasteiger partial charge in [-0.05, 0) is 18.2 Å². The van der Waals surface area contributed by atoms with Crippen molar-refractivity contribution in [2.24, 2.45) is 0 Å². The van der Waals surface area contributed by atoms with Gasteiger partial charge in [-0.2, -0.15) is 0 Å². The highest BCUT2D eigenvalue weighted by Crippen LogP contribution is 2.20. The van der Waals surface area contributed by atoms with Crippen molar-refractivity contribution in [1.29, 1.82) is 0 Å². The molecule has 0 spiro atoms. The zero-order valence-electron chi connectivity index (χ0n) is 10.3. The molecule has 5 nitrogen and oxygen atoms in total. The Balaban J connectivity index is 2.81. The van der Waals surface area contributed by atoms with Crippen LogP contribution >= 0.6 is 11.3 Å². The van der Waals surface area contributed by atoms with E-state index < -0.39 is 31.5 Å². The molecule has 0 bridgehead atoms. The average molecular weight is 305 g/mol. The van der Waals surface area contributed by atoms with Crippen molar-refractivity contribution in [1.82, 2.24) is 4.90 Å². The van der Waals surface area contributed by atoms with Crippen molar-refractivity contribution in [2.75, 3.05) is 19.7 Å². The number of halogens is 2. The number of rotatable bonds is 7. The van der Waals surface area contributed by atoms with E-state index in [-0.39, 0.29) is 11.4 Å². The lowest BCUT2D eigenvalue weighted by molar-refractivity contribution is -0.131. The Kier molecular flexibility index (Phi) is 6.26. The van der Waals surface area contributed by atoms with E-state index in [0.717, 1.165) is 22.3 Å². The third kappa shape index (κ3) is 5.06. The topological polar surface area (TPSA) is 77.8 Å². The van der Waals surface area contributed by atoms with Crippen LogP contribution in [-0.2, 0) is 4.79 Å². The summed E-state index contributed by atoms with van der Waals surface area (Å²) in [5.41, 5.74) is 0. The fraction of sp³-hybridized carbons (Fsp3) is 0.333. The second-order valence-electron chi connectivity index (χ2n) is 3.74. The van der Waals surface area contributed by atoms with E-state index >= 15 is 0 Å². The summed E-state index contributed by atoms with van der Waals surface area (Å²) in [4.78, 5) is 23.9.